The van der Waals surface area contributed by atoms with Crippen molar-refractivity contribution in [2.45, 2.75) is 90.8 Å². The molecule has 1 aliphatic heterocycles. The van der Waals surface area contributed by atoms with Crippen LogP contribution in [0.4, 0.5) is 0 Å². The van der Waals surface area contributed by atoms with E-state index in [1.54, 1.807) is 0 Å². The number of hydrogen-bond donors (Lipinski definition) is 1. The minimum absolute atomic E-state index is 0.179. The minimum Gasteiger partial charge on any atom is -0.460 e. The van der Waals surface area contributed by atoms with E-state index >= 15 is 0 Å². The van der Waals surface area contributed by atoms with Crippen molar-refractivity contribution in [3.63, 3.8) is 0 Å². The van der Waals surface area contributed by atoms with Gasteiger partial charge in [-0.25, -0.2) is 0 Å². The highest BCUT2D eigenvalue weighted by molar-refractivity contribution is 5.71. The van der Waals surface area contributed by atoms with Gasteiger partial charge >= 0.3 is 5.97 Å². The second-order valence-electron chi connectivity index (χ2n) is 6.45. The Morgan fingerprint density at radius 2 is 1.95 bits per heavy atom. The molecule has 1 aliphatic rings. The molecule has 2 atom stereocenters. The number of cyclic esters (lactones) is 1. The van der Waals surface area contributed by atoms with Crippen molar-refractivity contribution >= 4 is 5.97 Å². The maximum atomic E-state index is 11.0. The molecule has 1 rings (SSSR count). The quantitative estimate of drug-likeness (QED) is 0.361. The number of unbranched alkanes of at least 4 members (excludes halogenated alkanes) is 2. The van der Waals surface area contributed by atoms with Crippen LogP contribution in [0.1, 0.15) is 78.6 Å². The highest BCUT2D eigenvalue weighted by Gasteiger charge is 2.29. The van der Waals surface area contributed by atoms with Crippen molar-refractivity contribution in [2.75, 3.05) is 0 Å². The zero-order valence-corrected chi connectivity index (χ0v) is 14.4. The molecule has 1 heterocycles. The van der Waals surface area contributed by atoms with Gasteiger partial charge in [-0.05, 0) is 52.4 Å². The molecule has 3 nitrogen and oxygen atoms in total. The van der Waals surface area contributed by atoms with Gasteiger partial charge in [0.05, 0.1) is 6.10 Å². The predicted octanol–water partition coefficient (Wildman–Crippen LogP) is 4.70. The average Bonchev–Trinajstić information content (AvgIpc) is 2.92. The van der Waals surface area contributed by atoms with Gasteiger partial charge in [0.25, 0.3) is 0 Å². The first-order valence-corrected chi connectivity index (χ1v) is 8.71. The van der Waals surface area contributed by atoms with Crippen molar-refractivity contribution in [3.05, 3.63) is 23.3 Å². The summed E-state index contributed by atoms with van der Waals surface area (Å²) in [6, 6.07) is 0. The number of allylic oxidation sites excluding steroid dienone is 4. The molecule has 0 aromatic carbocycles. The zero-order chi connectivity index (χ0) is 16.4. The Hall–Kier alpha value is -1.09. The molecule has 1 N–H and O–H groups in total. The average molecular weight is 308 g/mol. The molecule has 0 spiro atoms. The van der Waals surface area contributed by atoms with Crippen molar-refractivity contribution in [1.82, 2.24) is 0 Å². The summed E-state index contributed by atoms with van der Waals surface area (Å²) in [5.41, 5.74) is 2.78. The third kappa shape index (κ3) is 7.79. The van der Waals surface area contributed by atoms with E-state index in [4.69, 9.17) is 4.74 Å². The van der Waals surface area contributed by atoms with Gasteiger partial charge in [-0.2, -0.15) is 0 Å². The maximum absolute atomic E-state index is 11.0. The SMILES string of the molecule is CCCC/C=C(\C)CC/C=C(\C)CCC(O)[C@H]1CCC(=O)O1. The number of ether oxygens (including phenoxy) is 1. The number of hydrogen-bond acceptors (Lipinski definition) is 3. The summed E-state index contributed by atoms with van der Waals surface area (Å²) in [4.78, 5) is 11.0. The Bertz CT molecular complexity index is 395. The summed E-state index contributed by atoms with van der Waals surface area (Å²) in [7, 11) is 0. The van der Waals surface area contributed by atoms with Gasteiger partial charge in [0.15, 0.2) is 0 Å². The van der Waals surface area contributed by atoms with E-state index in [1.165, 1.54) is 30.4 Å². The lowest BCUT2D eigenvalue weighted by atomic mass is 10.0. The summed E-state index contributed by atoms with van der Waals surface area (Å²) >= 11 is 0. The number of rotatable bonds is 10. The van der Waals surface area contributed by atoms with Gasteiger partial charge < -0.3 is 9.84 Å². The lowest BCUT2D eigenvalue weighted by Crippen LogP contribution is -2.25. The fourth-order valence-corrected chi connectivity index (χ4v) is 2.68. The van der Waals surface area contributed by atoms with Crippen molar-refractivity contribution in [1.29, 1.82) is 0 Å². The summed E-state index contributed by atoms with van der Waals surface area (Å²) < 4.78 is 5.10. The molecule has 1 fully saturated rings. The lowest BCUT2D eigenvalue weighted by molar-refractivity contribution is -0.145. The molecule has 0 bridgehead atoms. The summed E-state index contributed by atoms with van der Waals surface area (Å²) in [5.74, 6) is -0.179. The van der Waals surface area contributed by atoms with Gasteiger partial charge in [0, 0.05) is 6.42 Å². The first kappa shape index (κ1) is 19.0. The molecule has 0 aliphatic carbocycles. The molecule has 1 saturated heterocycles. The van der Waals surface area contributed by atoms with Crippen molar-refractivity contribution < 1.29 is 14.6 Å². The number of carbonyl (C=O) groups is 1. The van der Waals surface area contributed by atoms with E-state index in [9.17, 15) is 9.90 Å². The van der Waals surface area contributed by atoms with Crippen LogP contribution in [0.3, 0.4) is 0 Å². The fourth-order valence-electron chi connectivity index (χ4n) is 2.68. The van der Waals surface area contributed by atoms with Crippen molar-refractivity contribution in [2.24, 2.45) is 0 Å². The molecule has 22 heavy (non-hydrogen) atoms. The van der Waals surface area contributed by atoms with E-state index < -0.39 is 6.10 Å². The predicted molar refractivity (Wildman–Crippen MR) is 90.6 cm³/mol. The molecule has 0 aromatic rings. The standard InChI is InChI=1S/C19H32O3/c1-4-5-6-8-15(2)9-7-10-16(3)11-12-17(20)18-13-14-19(21)22-18/h8,10,17-18,20H,4-7,9,11-14H2,1-3H3/b15-8+,16-10+/t17?,18-/m1/s1. The van der Waals surface area contributed by atoms with Crippen LogP contribution in [-0.4, -0.2) is 23.3 Å². The van der Waals surface area contributed by atoms with Crippen LogP contribution in [-0.2, 0) is 9.53 Å². The Labute approximate surface area is 135 Å². The van der Waals surface area contributed by atoms with E-state index in [-0.39, 0.29) is 12.1 Å². The highest BCUT2D eigenvalue weighted by atomic mass is 16.6. The van der Waals surface area contributed by atoms with Crippen LogP contribution >= 0.6 is 0 Å². The first-order valence-electron chi connectivity index (χ1n) is 8.71. The third-order valence-electron chi connectivity index (χ3n) is 4.26. The smallest absolute Gasteiger partial charge is 0.306 e. The topological polar surface area (TPSA) is 46.5 Å². The molecule has 0 saturated carbocycles. The first-order chi connectivity index (χ1) is 10.5. The lowest BCUT2D eigenvalue weighted by Gasteiger charge is -2.16. The molecular weight excluding hydrogens is 276 g/mol. The number of carbonyl (C=O) groups excluding carboxylic acids is 1. The fraction of sp³-hybridized carbons (Fsp3) is 0.737. The third-order valence-corrected chi connectivity index (χ3v) is 4.26. The second kappa shape index (κ2) is 10.6. The Kier molecular flexibility index (Phi) is 9.14. The molecular formula is C19H32O3. The van der Waals surface area contributed by atoms with Gasteiger partial charge in [-0.15, -0.1) is 0 Å². The molecule has 1 unspecified atom stereocenters. The summed E-state index contributed by atoms with van der Waals surface area (Å²) in [5, 5.41) is 10.0. The highest BCUT2D eigenvalue weighted by Crippen LogP contribution is 2.21. The molecule has 0 amide bonds. The Morgan fingerprint density at radius 3 is 2.59 bits per heavy atom. The van der Waals surface area contributed by atoms with E-state index in [0.29, 0.717) is 19.3 Å². The van der Waals surface area contributed by atoms with Crippen LogP contribution in [0.15, 0.2) is 23.3 Å². The zero-order valence-electron chi connectivity index (χ0n) is 14.4. The van der Waals surface area contributed by atoms with E-state index in [1.807, 2.05) is 0 Å². The van der Waals surface area contributed by atoms with Crippen LogP contribution in [0.2, 0.25) is 0 Å². The Morgan fingerprint density at radius 1 is 1.27 bits per heavy atom. The minimum atomic E-state index is -0.523. The second-order valence-corrected chi connectivity index (χ2v) is 6.45. The number of esters is 1. The van der Waals surface area contributed by atoms with E-state index in [0.717, 1.165) is 19.3 Å². The van der Waals surface area contributed by atoms with Crippen LogP contribution in [0.5, 0.6) is 0 Å². The Balaban J connectivity index is 2.19. The summed E-state index contributed by atoms with van der Waals surface area (Å²) in [6.45, 7) is 6.54. The van der Waals surface area contributed by atoms with Gasteiger partial charge in [0.1, 0.15) is 6.10 Å². The van der Waals surface area contributed by atoms with Crippen LogP contribution in [0, 0.1) is 0 Å². The van der Waals surface area contributed by atoms with Gasteiger partial charge in [-0.3, -0.25) is 4.79 Å². The summed E-state index contributed by atoms with van der Waals surface area (Å²) in [6.07, 6.45) is 12.3. The van der Waals surface area contributed by atoms with Crippen LogP contribution in [0.25, 0.3) is 0 Å². The number of aliphatic hydroxyl groups excluding tert-OH is 1. The van der Waals surface area contributed by atoms with E-state index in [2.05, 4.69) is 32.9 Å². The monoisotopic (exact) mass is 308 g/mol. The number of aliphatic hydroxyl groups is 1. The molecule has 126 valence electrons. The maximum Gasteiger partial charge on any atom is 0.306 e. The largest absolute Gasteiger partial charge is 0.460 e. The molecule has 3 heteroatoms. The van der Waals surface area contributed by atoms with Gasteiger partial charge in [-0.1, -0.05) is 43.1 Å². The van der Waals surface area contributed by atoms with Gasteiger partial charge in [0.2, 0.25) is 0 Å². The normalized spacial score (nSPS) is 21.1. The van der Waals surface area contributed by atoms with Crippen LogP contribution < -0.4 is 0 Å². The molecule has 0 radical (unpaired) electrons. The van der Waals surface area contributed by atoms with Crippen molar-refractivity contribution in [3.8, 4) is 0 Å². The molecule has 0 aromatic heterocycles.